The fraction of sp³-hybridized carbons (Fsp3) is 0.476. The molecule has 3 aliphatic rings. The van der Waals surface area contributed by atoms with Crippen LogP contribution in [0.1, 0.15) is 104 Å². The normalized spacial score (nSPS) is 23.8. The molecular weight excluding hydrogens is 716 g/mol. The Balaban J connectivity index is 0.912. The van der Waals surface area contributed by atoms with Gasteiger partial charge >= 0.3 is 5.69 Å². The van der Waals surface area contributed by atoms with Crippen LogP contribution in [-0.4, -0.2) is 77.4 Å². The van der Waals surface area contributed by atoms with Gasteiger partial charge in [0.15, 0.2) is 0 Å². The summed E-state index contributed by atoms with van der Waals surface area (Å²) < 4.78 is 21.2. The van der Waals surface area contributed by atoms with Gasteiger partial charge in [-0.3, -0.25) is 33.5 Å². The fourth-order valence-corrected chi connectivity index (χ4v) is 9.18. The van der Waals surface area contributed by atoms with Crippen LogP contribution in [0.25, 0.3) is 21.9 Å². The number of nitrogens with one attached hydrogen (secondary N) is 2. The Labute approximate surface area is 323 Å². The molecule has 2 aromatic carbocycles. The molecule has 5 aromatic rings. The zero-order valence-electron chi connectivity index (χ0n) is 32.3. The van der Waals surface area contributed by atoms with Crippen LogP contribution >= 0.6 is 0 Å². The standard InChI is InChI=1S/C42H49FN8O5/c1-24-7-5-9-32(44-24)39(53)45-34-19-26-22-50(47-33(26)20-30(34)42(2,3)56)27-13-11-25(12-14-27)21-49-18-17-28(31(43)23-49)29-8-6-10-35-38(29)48(4)41(55)51(35)36-15-16-37(52)46-40(36)54/h5-10,19-20,22,25,27-28,31,36,56H,11-18,21,23H2,1-4H3,(H,45,53)(H,46,52,54)/t25?,27?,28-,31+,36?/m0/s1. The van der Waals surface area contributed by atoms with Crippen molar-refractivity contribution in [2.24, 2.45) is 13.0 Å². The highest BCUT2D eigenvalue weighted by molar-refractivity contribution is 6.04. The smallest absolute Gasteiger partial charge is 0.329 e. The molecule has 2 aliphatic heterocycles. The molecule has 294 valence electrons. The Kier molecular flexibility index (Phi) is 9.90. The molecule has 3 N–H and O–H groups in total. The monoisotopic (exact) mass is 764 g/mol. The first kappa shape index (κ1) is 37.7. The van der Waals surface area contributed by atoms with Crippen LogP contribution in [0.5, 0.6) is 0 Å². The summed E-state index contributed by atoms with van der Waals surface area (Å²) in [6.07, 6.45) is 5.79. The molecule has 8 rings (SSSR count). The van der Waals surface area contributed by atoms with Crippen molar-refractivity contribution in [3.8, 4) is 0 Å². The number of aromatic nitrogens is 5. The Bertz CT molecular complexity index is 2400. The van der Waals surface area contributed by atoms with Crippen molar-refractivity contribution in [2.45, 2.75) is 95.5 Å². The third-order valence-corrected chi connectivity index (χ3v) is 12.1. The lowest BCUT2D eigenvalue weighted by Gasteiger charge is -2.38. The highest BCUT2D eigenvalue weighted by Crippen LogP contribution is 2.39. The van der Waals surface area contributed by atoms with E-state index in [4.69, 9.17) is 5.10 Å². The van der Waals surface area contributed by atoms with E-state index in [1.165, 1.54) is 9.13 Å². The van der Waals surface area contributed by atoms with Crippen LogP contribution < -0.4 is 16.3 Å². The summed E-state index contributed by atoms with van der Waals surface area (Å²) in [7, 11) is 1.66. The van der Waals surface area contributed by atoms with Gasteiger partial charge in [-0.15, -0.1) is 0 Å². The van der Waals surface area contributed by atoms with E-state index in [1.54, 1.807) is 39.1 Å². The Morgan fingerprint density at radius 1 is 1.04 bits per heavy atom. The molecule has 3 atom stereocenters. The SMILES string of the molecule is Cc1cccc(C(=O)Nc2cc3cn(C4CCC(CN5CC[C@@H](c6cccc7c6n(C)c(=O)n7C6CCC(=O)NC6=O)[C@H](F)C5)CC4)nc3cc2C(C)(C)O)n1. The average molecular weight is 765 g/mol. The number of imidazole rings is 1. The summed E-state index contributed by atoms with van der Waals surface area (Å²) in [5, 5.41) is 22.1. The molecule has 3 aromatic heterocycles. The third-order valence-electron chi connectivity index (χ3n) is 12.1. The van der Waals surface area contributed by atoms with Crippen LogP contribution in [0.4, 0.5) is 10.1 Å². The number of carbonyl (C=O) groups is 3. The molecule has 1 aliphatic carbocycles. The van der Waals surface area contributed by atoms with Crippen LogP contribution in [-0.2, 0) is 22.2 Å². The maximum absolute atomic E-state index is 16.2. The van der Waals surface area contributed by atoms with E-state index in [0.717, 1.165) is 60.9 Å². The van der Waals surface area contributed by atoms with E-state index in [0.29, 0.717) is 46.9 Å². The predicted molar refractivity (Wildman–Crippen MR) is 210 cm³/mol. The van der Waals surface area contributed by atoms with Crippen molar-refractivity contribution >= 4 is 45.3 Å². The molecule has 1 saturated carbocycles. The maximum Gasteiger partial charge on any atom is 0.329 e. The predicted octanol–water partition coefficient (Wildman–Crippen LogP) is 5.41. The number of amides is 3. The van der Waals surface area contributed by atoms with Crippen molar-refractivity contribution in [1.82, 2.24) is 34.1 Å². The second kappa shape index (κ2) is 14.7. The minimum Gasteiger partial charge on any atom is -0.386 e. The Morgan fingerprint density at radius 2 is 1.80 bits per heavy atom. The van der Waals surface area contributed by atoms with Crippen LogP contribution in [0.15, 0.2) is 59.5 Å². The number of nitrogens with zero attached hydrogens (tertiary/aromatic N) is 6. The molecule has 2 saturated heterocycles. The summed E-state index contributed by atoms with van der Waals surface area (Å²) in [5.41, 5.74) is 3.31. The lowest BCUT2D eigenvalue weighted by Crippen LogP contribution is -2.44. The molecule has 13 nitrogen and oxygen atoms in total. The summed E-state index contributed by atoms with van der Waals surface area (Å²) in [4.78, 5) is 57.6. The first-order valence-electron chi connectivity index (χ1n) is 19.7. The molecule has 0 radical (unpaired) electrons. The third kappa shape index (κ3) is 7.16. The number of anilines is 1. The number of benzene rings is 2. The number of pyridine rings is 1. The van der Waals surface area contributed by atoms with E-state index in [1.807, 2.05) is 48.1 Å². The van der Waals surface area contributed by atoms with Gasteiger partial charge in [-0.05, 0) is 108 Å². The van der Waals surface area contributed by atoms with E-state index in [2.05, 4.69) is 20.5 Å². The molecule has 5 heterocycles. The number of hydrogen-bond donors (Lipinski definition) is 3. The molecule has 1 unspecified atom stereocenters. The van der Waals surface area contributed by atoms with E-state index in [-0.39, 0.29) is 42.3 Å². The van der Waals surface area contributed by atoms with Gasteiger partial charge in [0.25, 0.3) is 5.91 Å². The van der Waals surface area contributed by atoms with Crippen molar-refractivity contribution in [3.05, 3.63) is 87.7 Å². The molecule has 3 amide bonds. The molecular formula is C42H49FN8O5. The van der Waals surface area contributed by atoms with Crippen molar-refractivity contribution in [1.29, 1.82) is 0 Å². The summed E-state index contributed by atoms with van der Waals surface area (Å²) in [6.45, 7) is 7.09. The summed E-state index contributed by atoms with van der Waals surface area (Å²) in [6, 6.07) is 13.9. The molecule has 3 fully saturated rings. The van der Waals surface area contributed by atoms with Crippen molar-refractivity contribution in [2.75, 3.05) is 25.0 Å². The van der Waals surface area contributed by atoms with Crippen LogP contribution in [0, 0.1) is 12.8 Å². The first-order chi connectivity index (χ1) is 26.7. The van der Waals surface area contributed by atoms with E-state index in [9.17, 15) is 24.3 Å². The largest absolute Gasteiger partial charge is 0.386 e. The second-order valence-electron chi connectivity index (χ2n) is 16.5. The van der Waals surface area contributed by atoms with Gasteiger partial charge in [-0.2, -0.15) is 5.10 Å². The number of aliphatic hydroxyl groups is 1. The number of rotatable bonds is 8. The lowest BCUT2D eigenvalue weighted by molar-refractivity contribution is -0.135. The fourth-order valence-electron chi connectivity index (χ4n) is 9.18. The summed E-state index contributed by atoms with van der Waals surface area (Å²) >= 11 is 0. The van der Waals surface area contributed by atoms with Crippen LogP contribution in [0.2, 0.25) is 0 Å². The number of likely N-dealkylation sites (tertiary alicyclic amines) is 1. The van der Waals surface area contributed by atoms with Crippen molar-refractivity contribution in [3.63, 3.8) is 0 Å². The lowest BCUT2D eigenvalue weighted by atomic mass is 9.83. The van der Waals surface area contributed by atoms with E-state index < -0.39 is 23.7 Å². The molecule has 56 heavy (non-hydrogen) atoms. The number of carbonyl (C=O) groups excluding carboxylic acids is 3. The topological polar surface area (TPSA) is 156 Å². The zero-order chi connectivity index (χ0) is 39.5. The van der Waals surface area contributed by atoms with Gasteiger partial charge in [0.1, 0.15) is 17.9 Å². The minimum atomic E-state index is -1.22. The van der Waals surface area contributed by atoms with Crippen molar-refractivity contribution < 1.29 is 23.9 Å². The van der Waals surface area contributed by atoms with Gasteiger partial charge in [0.2, 0.25) is 11.8 Å². The van der Waals surface area contributed by atoms with E-state index >= 15 is 4.39 Å². The number of hydrogen-bond acceptors (Lipinski definition) is 8. The number of para-hydroxylation sites is 1. The maximum atomic E-state index is 16.2. The van der Waals surface area contributed by atoms with Crippen LogP contribution in [0.3, 0.4) is 0 Å². The molecule has 0 spiro atoms. The summed E-state index contributed by atoms with van der Waals surface area (Å²) in [5.74, 6) is -1.12. The quantitative estimate of drug-likeness (QED) is 0.177. The van der Waals surface area contributed by atoms with Gasteiger partial charge in [-0.25, -0.2) is 14.2 Å². The Morgan fingerprint density at radius 3 is 2.52 bits per heavy atom. The number of alkyl halides is 1. The van der Waals surface area contributed by atoms with Gasteiger partial charge in [0.05, 0.1) is 28.2 Å². The Hall–Kier alpha value is -5.21. The average Bonchev–Trinajstić information content (AvgIpc) is 3.69. The molecule has 0 bridgehead atoms. The number of imide groups is 1. The van der Waals surface area contributed by atoms with Gasteiger partial charge in [0, 0.05) is 61.0 Å². The second-order valence-corrected chi connectivity index (χ2v) is 16.5. The minimum absolute atomic E-state index is 0.160. The molecule has 14 heteroatoms. The zero-order valence-corrected chi connectivity index (χ0v) is 32.3. The number of aryl methyl sites for hydroxylation is 2. The highest BCUT2D eigenvalue weighted by Gasteiger charge is 2.36. The number of piperidine rings is 2. The van der Waals surface area contributed by atoms with Gasteiger partial charge < -0.3 is 15.3 Å². The first-order valence-corrected chi connectivity index (χ1v) is 19.7. The number of fused-ring (bicyclic) bond motifs is 2. The van der Waals surface area contributed by atoms with Gasteiger partial charge in [-0.1, -0.05) is 18.2 Å². The number of halogens is 1. The highest BCUT2D eigenvalue weighted by atomic mass is 19.1.